The van der Waals surface area contributed by atoms with E-state index in [-0.39, 0.29) is 11.9 Å². The zero-order valence-electron chi connectivity index (χ0n) is 11.3. The van der Waals surface area contributed by atoms with Gasteiger partial charge in [-0.2, -0.15) is 0 Å². The summed E-state index contributed by atoms with van der Waals surface area (Å²) in [5.41, 5.74) is 0. The van der Waals surface area contributed by atoms with Gasteiger partial charge in [0.25, 0.3) is 0 Å². The first-order valence-corrected chi connectivity index (χ1v) is 8.65. The quantitative estimate of drug-likeness (QED) is 0.795. The summed E-state index contributed by atoms with van der Waals surface area (Å²) in [5, 5.41) is 0. The molecule has 0 aliphatic carbocycles. The highest BCUT2D eigenvalue weighted by molar-refractivity contribution is 8.17. The Balaban J connectivity index is 1.80. The van der Waals surface area contributed by atoms with E-state index in [0.29, 0.717) is 23.5 Å². The lowest BCUT2D eigenvalue weighted by atomic mass is 10.0. The molecule has 2 aliphatic heterocycles. The summed E-state index contributed by atoms with van der Waals surface area (Å²) >= 11 is 3.99. The molecule has 2 saturated heterocycles. The van der Waals surface area contributed by atoms with Gasteiger partial charge in [-0.3, -0.25) is 4.79 Å². The molecular formula is C13H22O3S2. The number of rotatable bonds is 4. The summed E-state index contributed by atoms with van der Waals surface area (Å²) in [6, 6.07) is 0. The molecule has 2 fully saturated rings. The fourth-order valence-corrected chi connectivity index (χ4v) is 5.31. The maximum atomic E-state index is 12.2. The monoisotopic (exact) mass is 290 g/mol. The van der Waals surface area contributed by atoms with E-state index in [1.54, 1.807) is 0 Å². The average Bonchev–Trinajstić information content (AvgIpc) is 2.71. The van der Waals surface area contributed by atoms with Crippen molar-refractivity contribution in [3.8, 4) is 0 Å². The first kappa shape index (κ1) is 14.7. The number of ketones is 1. The molecule has 3 nitrogen and oxygen atoms in total. The van der Waals surface area contributed by atoms with E-state index in [0.717, 1.165) is 0 Å². The largest absolute Gasteiger partial charge is 0.347 e. The second-order valence-electron chi connectivity index (χ2n) is 5.43. The fraction of sp³-hybridized carbons (Fsp3) is 0.923. The van der Waals surface area contributed by atoms with Crippen LogP contribution in [0.3, 0.4) is 0 Å². The predicted molar refractivity (Wildman–Crippen MR) is 77.0 cm³/mol. The van der Waals surface area contributed by atoms with Crippen LogP contribution in [-0.2, 0) is 14.3 Å². The number of carbonyl (C=O) groups is 1. The summed E-state index contributed by atoms with van der Waals surface area (Å²) in [6.45, 7) is 6.30. The lowest BCUT2D eigenvalue weighted by Crippen LogP contribution is -2.29. The standard InChI is InChI=1S/C13H22O3S2/c1-9(12-17-5-4-6-18-12)7-10(14)11-8-15-13(2,3)16-11/h9,11-12H,4-8H2,1-3H3/t9-,11+/m1/s1. The van der Waals surface area contributed by atoms with E-state index in [9.17, 15) is 4.79 Å². The van der Waals surface area contributed by atoms with Gasteiger partial charge in [0.2, 0.25) is 0 Å². The van der Waals surface area contributed by atoms with Crippen LogP contribution in [0.2, 0.25) is 0 Å². The third-order valence-electron chi connectivity index (χ3n) is 3.21. The lowest BCUT2D eigenvalue weighted by Gasteiger charge is -2.26. The lowest BCUT2D eigenvalue weighted by molar-refractivity contribution is -0.152. The third-order valence-corrected chi connectivity index (χ3v) is 6.66. The SMILES string of the molecule is C[C@H](CC(=O)[C@@H]1COC(C)(C)O1)C1SCCCS1. The van der Waals surface area contributed by atoms with Crippen LogP contribution in [0.5, 0.6) is 0 Å². The highest BCUT2D eigenvalue weighted by Gasteiger charge is 2.37. The van der Waals surface area contributed by atoms with Crippen molar-refractivity contribution in [3.05, 3.63) is 0 Å². The van der Waals surface area contributed by atoms with Crippen LogP contribution in [-0.4, -0.2) is 40.4 Å². The van der Waals surface area contributed by atoms with Crippen LogP contribution in [0.1, 0.15) is 33.6 Å². The van der Waals surface area contributed by atoms with Gasteiger partial charge in [0, 0.05) is 6.42 Å². The zero-order chi connectivity index (χ0) is 13.2. The Morgan fingerprint density at radius 3 is 2.61 bits per heavy atom. The van der Waals surface area contributed by atoms with E-state index in [1.165, 1.54) is 17.9 Å². The number of hydrogen-bond donors (Lipinski definition) is 0. The summed E-state index contributed by atoms with van der Waals surface area (Å²) in [4.78, 5) is 12.2. The van der Waals surface area contributed by atoms with Crippen molar-refractivity contribution >= 4 is 29.3 Å². The van der Waals surface area contributed by atoms with Crippen molar-refractivity contribution in [2.75, 3.05) is 18.1 Å². The molecule has 0 bridgehead atoms. The smallest absolute Gasteiger partial charge is 0.164 e. The van der Waals surface area contributed by atoms with Crippen LogP contribution in [0.15, 0.2) is 0 Å². The van der Waals surface area contributed by atoms with Gasteiger partial charge in [0.15, 0.2) is 11.6 Å². The minimum atomic E-state index is -0.599. The van der Waals surface area contributed by atoms with Gasteiger partial charge in [0.1, 0.15) is 6.10 Å². The molecule has 2 aliphatic rings. The van der Waals surface area contributed by atoms with E-state index in [1.807, 2.05) is 37.4 Å². The number of ether oxygens (including phenoxy) is 2. The zero-order valence-corrected chi connectivity index (χ0v) is 12.9. The predicted octanol–water partition coefficient (Wildman–Crippen LogP) is 2.93. The average molecular weight is 290 g/mol. The molecule has 0 aromatic carbocycles. The highest BCUT2D eigenvalue weighted by Crippen LogP contribution is 2.37. The highest BCUT2D eigenvalue weighted by atomic mass is 32.2. The minimum Gasteiger partial charge on any atom is -0.347 e. The molecule has 2 heterocycles. The number of Topliss-reactive ketones (excluding diaryl/α,β-unsaturated/α-hetero) is 1. The van der Waals surface area contributed by atoms with Crippen LogP contribution in [0.4, 0.5) is 0 Å². The van der Waals surface area contributed by atoms with Gasteiger partial charge in [-0.1, -0.05) is 6.92 Å². The molecule has 0 radical (unpaired) electrons. The number of carbonyl (C=O) groups excluding carboxylic acids is 1. The van der Waals surface area contributed by atoms with Crippen molar-refractivity contribution in [2.45, 2.75) is 50.1 Å². The van der Waals surface area contributed by atoms with Gasteiger partial charge in [-0.05, 0) is 37.7 Å². The molecule has 0 amide bonds. The summed E-state index contributed by atoms with van der Waals surface area (Å²) in [7, 11) is 0. The van der Waals surface area contributed by atoms with Gasteiger partial charge in [0.05, 0.1) is 11.2 Å². The minimum absolute atomic E-state index is 0.194. The summed E-state index contributed by atoms with van der Waals surface area (Å²) in [6.07, 6.45) is 1.54. The maximum absolute atomic E-state index is 12.2. The Hall–Kier alpha value is 0.290. The van der Waals surface area contributed by atoms with Gasteiger partial charge < -0.3 is 9.47 Å². The van der Waals surface area contributed by atoms with Gasteiger partial charge >= 0.3 is 0 Å². The Morgan fingerprint density at radius 2 is 2.06 bits per heavy atom. The van der Waals surface area contributed by atoms with Gasteiger partial charge in [-0.25, -0.2) is 0 Å². The second kappa shape index (κ2) is 6.16. The van der Waals surface area contributed by atoms with Crippen molar-refractivity contribution in [2.24, 2.45) is 5.92 Å². The second-order valence-corrected chi connectivity index (χ2v) is 8.23. The molecule has 0 N–H and O–H groups in total. The molecule has 0 unspecified atom stereocenters. The van der Waals surface area contributed by atoms with Crippen LogP contribution >= 0.6 is 23.5 Å². The van der Waals surface area contributed by atoms with E-state index < -0.39 is 5.79 Å². The van der Waals surface area contributed by atoms with Gasteiger partial charge in [-0.15, -0.1) is 23.5 Å². The summed E-state index contributed by atoms with van der Waals surface area (Å²) < 4.78 is 11.6. The summed E-state index contributed by atoms with van der Waals surface area (Å²) in [5.74, 6) is 2.47. The van der Waals surface area contributed by atoms with E-state index in [2.05, 4.69) is 6.92 Å². The first-order chi connectivity index (χ1) is 8.48. The Kier molecular flexibility index (Phi) is 5.03. The molecular weight excluding hydrogens is 268 g/mol. The molecule has 18 heavy (non-hydrogen) atoms. The molecule has 0 aromatic heterocycles. The molecule has 2 atom stereocenters. The third kappa shape index (κ3) is 3.89. The molecule has 0 saturated carbocycles. The topological polar surface area (TPSA) is 35.5 Å². The first-order valence-electron chi connectivity index (χ1n) is 6.55. The molecule has 2 rings (SSSR count). The molecule has 5 heteroatoms. The van der Waals surface area contributed by atoms with Crippen LogP contribution in [0.25, 0.3) is 0 Å². The van der Waals surface area contributed by atoms with E-state index >= 15 is 0 Å². The van der Waals surface area contributed by atoms with Crippen LogP contribution < -0.4 is 0 Å². The fourth-order valence-electron chi connectivity index (χ4n) is 2.23. The molecule has 0 aromatic rings. The van der Waals surface area contributed by atoms with Crippen molar-refractivity contribution < 1.29 is 14.3 Å². The van der Waals surface area contributed by atoms with Crippen molar-refractivity contribution in [1.29, 1.82) is 0 Å². The Bertz CT molecular complexity index is 301. The molecule has 104 valence electrons. The normalized spacial score (nSPS) is 30.3. The van der Waals surface area contributed by atoms with Crippen molar-refractivity contribution in [1.82, 2.24) is 0 Å². The molecule has 0 spiro atoms. The Morgan fingerprint density at radius 1 is 1.39 bits per heavy atom. The number of hydrogen-bond acceptors (Lipinski definition) is 5. The van der Waals surface area contributed by atoms with Crippen molar-refractivity contribution in [3.63, 3.8) is 0 Å². The van der Waals surface area contributed by atoms with Crippen LogP contribution in [0, 0.1) is 5.92 Å². The number of thioether (sulfide) groups is 2. The van der Waals surface area contributed by atoms with E-state index in [4.69, 9.17) is 9.47 Å². The maximum Gasteiger partial charge on any atom is 0.164 e. The Labute approximate surface area is 118 Å².